The zero-order valence-electron chi connectivity index (χ0n) is 8.66. The Hall–Kier alpha value is -1.05. The largest absolute Gasteiger partial charge is 0.389 e. The lowest BCUT2D eigenvalue weighted by atomic mass is 9.98. The van der Waals surface area contributed by atoms with Crippen LogP contribution >= 0.6 is 11.3 Å². The molecule has 0 amide bonds. The molecule has 1 aromatic rings. The highest BCUT2D eigenvalue weighted by Crippen LogP contribution is 2.48. The zero-order valence-corrected chi connectivity index (χ0v) is 9.47. The van der Waals surface area contributed by atoms with E-state index in [1.165, 1.54) is 23.3 Å². The molecule has 1 aromatic heterocycles. The fourth-order valence-electron chi connectivity index (χ4n) is 2.95. The number of fused-ring (bicyclic) bond motifs is 4. The van der Waals surface area contributed by atoms with Gasteiger partial charge in [-0.3, -0.25) is 4.90 Å². The lowest BCUT2D eigenvalue weighted by Crippen LogP contribution is -2.33. The zero-order chi connectivity index (χ0) is 10.6. The molecule has 3 heterocycles. The van der Waals surface area contributed by atoms with Gasteiger partial charge in [0.1, 0.15) is 11.1 Å². The number of hydrogen-bond acceptors (Lipinski definition) is 4. The van der Waals surface area contributed by atoms with Crippen LogP contribution in [0.4, 0.5) is 5.00 Å². The Morgan fingerprint density at radius 1 is 1.53 bits per heavy atom. The molecule has 1 unspecified atom stereocenters. The van der Waals surface area contributed by atoms with Crippen molar-refractivity contribution in [1.82, 2.24) is 4.90 Å². The molecule has 0 saturated carbocycles. The molecule has 0 radical (unpaired) electrons. The van der Waals surface area contributed by atoms with Crippen LogP contribution in [-0.4, -0.2) is 18.0 Å². The summed E-state index contributed by atoms with van der Waals surface area (Å²) in [5, 5.41) is 9.85. The third-order valence-corrected chi connectivity index (χ3v) is 4.81. The fraction of sp³-hybridized carbons (Fsp3) is 0.545. The number of hydrogen-bond donors (Lipinski definition) is 1. The van der Waals surface area contributed by atoms with Gasteiger partial charge in [-0.25, -0.2) is 0 Å². The van der Waals surface area contributed by atoms with Crippen LogP contribution in [0.3, 0.4) is 0 Å². The minimum absolute atomic E-state index is 0.446. The van der Waals surface area contributed by atoms with Gasteiger partial charge in [-0.2, -0.15) is 5.26 Å². The number of thiophene rings is 1. The van der Waals surface area contributed by atoms with Crippen molar-refractivity contribution in [1.29, 1.82) is 5.26 Å². The molecule has 2 aliphatic rings. The molecule has 15 heavy (non-hydrogen) atoms. The second-order valence-corrected chi connectivity index (χ2v) is 5.54. The third-order valence-electron chi connectivity index (χ3n) is 3.76. The maximum absolute atomic E-state index is 9.13. The number of anilines is 1. The van der Waals surface area contributed by atoms with E-state index in [1.807, 2.05) is 0 Å². The first-order valence-corrected chi connectivity index (χ1v) is 6.07. The van der Waals surface area contributed by atoms with Gasteiger partial charge in [0, 0.05) is 22.5 Å². The number of likely N-dealkylation sites (N-methyl/N-ethyl adjacent to an activating group) is 1. The molecule has 3 nitrogen and oxygen atoms in total. The predicted octanol–water partition coefficient (Wildman–Crippen LogP) is 1.89. The summed E-state index contributed by atoms with van der Waals surface area (Å²) in [5.74, 6) is 0. The van der Waals surface area contributed by atoms with Gasteiger partial charge in [0.2, 0.25) is 0 Å². The van der Waals surface area contributed by atoms with Crippen molar-refractivity contribution in [3.8, 4) is 6.07 Å². The highest BCUT2D eigenvalue weighted by molar-refractivity contribution is 7.16. The van der Waals surface area contributed by atoms with E-state index in [4.69, 9.17) is 11.0 Å². The monoisotopic (exact) mass is 219 g/mol. The van der Waals surface area contributed by atoms with E-state index in [0.717, 1.165) is 12.0 Å². The average molecular weight is 219 g/mol. The Bertz CT molecular complexity index is 457. The standard InChI is InChI=1S/C11H13N3S/c1-14-6-2-3-8(14)10-7(5-12)11(13)15-9(10)4-6/h6,8H,2-4,13H2,1H3/t6?,8-/m0/s1. The lowest BCUT2D eigenvalue weighted by Gasteiger charge is -2.31. The molecule has 0 spiro atoms. The Morgan fingerprint density at radius 2 is 2.33 bits per heavy atom. The summed E-state index contributed by atoms with van der Waals surface area (Å²) in [6.07, 6.45) is 3.52. The van der Waals surface area contributed by atoms with Gasteiger partial charge in [0.25, 0.3) is 0 Å². The molecule has 2 N–H and O–H groups in total. The van der Waals surface area contributed by atoms with Gasteiger partial charge in [0.05, 0.1) is 5.56 Å². The van der Waals surface area contributed by atoms with Crippen LogP contribution in [0.1, 0.15) is 34.9 Å². The van der Waals surface area contributed by atoms with Crippen LogP contribution in [0, 0.1) is 11.3 Å². The van der Waals surface area contributed by atoms with Crippen molar-refractivity contribution in [3.63, 3.8) is 0 Å². The summed E-state index contributed by atoms with van der Waals surface area (Å²) in [7, 11) is 2.17. The molecule has 3 rings (SSSR count). The van der Waals surface area contributed by atoms with Crippen molar-refractivity contribution in [2.24, 2.45) is 0 Å². The van der Waals surface area contributed by atoms with Gasteiger partial charge < -0.3 is 5.73 Å². The van der Waals surface area contributed by atoms with Crippen molar-refractivity contribution >= 4 is 16.3 Å². The highest BCUT2D eigenvalue weighted by atomic mass is 32.1. The Kier molecular flexibility index (Phi) is 1.82. The topological polar surface area (TPSA) is 53.0 Å². The van der Waals surface area contributed by atoms with Crippen molar-refractivity contribution < 1.29 is 0 Å². The summed E-state index contributed by atoms with van der Waals surface area (Å²) in [5.41, 5.74) is 7.86. The quantitative estimate of drug-likeness (QED) is 0.725. The number of nitrogen functional groups attached to an aromatic ring is 1. The summed E-state index contributed by atoms with van der Waals surface area (Å²) in [6, 6.07) is 3.38. The minimum atomic E-state index is 0.446. The molecule has 2 atom stereocenters. The second-order valence-electron chi connectivity index (χ2n) is 4.41. The van der Waals surface area contributed by atoms with Gasteiger partial charge in [-0.15, -0.1) is 11.3 Å². The maximum atomic E-state index is 9.13. The first kappa shape index (κ1) is 9.20. The van der Waals surface area contributed by atoms with E-state index in [-0.39, 0.29) is 0 Å². The minimum Gasteiger partial charge on any atom is -0.389 e. The molecular weight excluding hydrogens is 206 g/mol. The van der Waals surface area contributed by atoms with E-state index in [1.54, 1.807) is 11.3 Å². The first-order chi connectivity index (χ1) is 7.22. The van der Waals surface area contributed by atoms with Crippen LogP contribution in [-0.2, 0) is 6.42 Å². The number of nitrogens with two attached hydrogens (primary N) is 1. The molecule has 0 aromatic carbocycles. The van der Waals surface area contributed by atoms with Gasteiger partial charge in [-0.05, 0) is 26.3 Å². The van der Waals surface area contributed by atoms with Gasteiger partial charge >= 0.3 is 0 Å². The molecule has 1 saturated heterocycles. The summed E-state index contributed by atoms with van der Waals surface area (Å²) in [4.78, 5) is 3.77. The molecular formula is C11H13N3S. The second kappa shape index (κ2) is 2.97. The third kappa shape index (κ3) is 1.08. The van der Waals surface area contributed by atoms with Gasteiger partial charge in [0.15, 0.2) is 0 Å². The van der Waals surface area contributed by atoms with E-state index >= 15 is 0 Å². The number of nitriles is 1. The van der Waals surface area contributed by atoms with Crippen LogP contribution in [0.15, 0.2) is 0 Å². The molecule has 0 aliphatic carbocycles. The molecule has 2 bridgehead atoms. The maximum Gasteiger partial charge on any atom is 0.104 e. The van der Waals surface area contributed by atoms with Crippen LogP contribution in [0.5, 0.6) is 0 Å². The highest BCUT2D eigenvalue weighted by Gasteiger charge is 2.40. The molecule has 2 aliphatic heterocycles. The molecule has 4 heteroatoms. The summed E-state index contributed by atoms with van der Waals surface area (Å²) >= 11 is 1.62. The Labute approximate surface area is 93.1 Å². The lowest BCUT2D eigenvalue weighted by molar-refractivity contribution is 0.226. The summed E-state index contributed by atoms with van der Waals surface area (Å²) in [6.45, 7) is 0. The van der Waals surface area contributed by atoms with Crippen LogP contribution in [0.2, 0.25) is 0 Å². The molecule has 78 valence electrons. The predicted molar refractivity (Wildman–Crippen MR) is 60.7 cm³/mol. The SMILES string of the molecule is CN1C2CC[C@H]1c1c(sc(N)c1C#N)C2. The smallest absolute Gasteiger partial charge is 0.104 e. The van der Waals surface area contributed by atoms with Crippen molar-refractivity contribution in [2.45, 2.75) is 31.3 Å². The summed E-state index contributed by atoms with van der Waals surface area (Å²) < 4.78 is 0. The average Bonchev–Trinajstić information content (AvgIpc) is 2.63. The fourth-order valence-corrected chi connectivity index (χ4v) is 4.10. The normalized spacial score (nSPS) is 28.8. The van der Waals surface area contributed by atoms with E-state index in [2.05, 4.69) is 18.0 Å². The number of nitrogens with zero attached hydrogens (tertiary/aromatic N) is 2. The van der Waals surface area contributed by atoms with Gasteiger partial charge in [-0.1, -0.05) is 0 Å². The van der Waals surface area contributed by atoms with Crippen LogP contribution < -0.4 is 5.73 Å². The van der Waals surface area contributed by atoms with Crippen molar-refractivity contribution in [2.75, 3.05) is 12.8 Å². The van der Waals surface area contributed by atoms with E-state index in [9.17, 15) is 0 Å². The van der Waals surface area contributed by atoms with E-state index < -0.39 is 0 Å². The van der Waals surface area contributed by atoms with Crippen molar-refractivity contribution in [3.05, 3.63) is 16.0 Å². The Balaban J connectivity index is 2.20. The molecule has 1 fully saturated rings. The number of rotatable bonds is 0. The first-order valence-electron chi connectivity index (χ1n) is 5.25. The van der Waals surface area contributed by atoms with Crippen LogP contribution in [0.25, 0.3) is 0 Å². The Morgan fingerprint density at radius 3 is 3.07 bits per heavy atom. The van der Waals surface area contributed by atoms with E-state index in [0.29, 0.717) is 17.1 Å².